The van der Waals surface area contributed by atoms with Crippen molar-refractivity contribution in [3.05, 3.63) is 35.8 Å². The zero-order valence-electron chi connectivity index (χ0n) is 10.7. The number of hydrogen-bond donors (Lipinski definition) is 0. The Balaban J connectivity index is 2.01. The first-order valence-corrected chi connectivity index (χ1v) is 6.24. The van der Waals surface area contributed by atoms with Crippen molar-refractivity contribution in [1.82, 2.24) is 15.0 Å². The Morgan fingerprint density at radius 3 is 2.65 bits per heavy atom. The summed E-state index contributed by atoms with van der Waals surface area (Å²) >= 11 is 0. The number of para-hydroxylation sites is 1. The Morgan fingerprint density at radius 1 is 1.20 bits per heavy atom. The number of morpholine rings is 1. The van der Waals surface area contributed by atoms with E-state index in [-0.39, 0.29) is 11.4 Å². The van der Waals surface area contributed by atoms with Gasteiger partial charge in [-0.1, -0.05) is 12.1 Å². The Labute approximate surface area is 115 Å². The summed E-state index contributed by atoms with van der Waals surface area (Å²) in [6.07, 6.45) is 0. The van der Waals surface area contributed by atoms with E-state index in [1.165, 1.54) is 10.9 Å². The second-order valence-electron chi connectivity index (χ2n) is 4.32. The van der Waals surface area contributed by atoms with Crippen LogP contribution in [0, 0.1) is 17.1 Å². The molecular weight excluding hydrogens is 261 g/mol. The number of nitrogens with zero attached hydrogens (tertiary/aromatic N) is 5. The summed E-state index contributed by atoms with van der Waals surface area (Å²) in [5.74, 6) is 0.0413. The first-order chi connectivity index (χ1) is 9.79. The molecule has 0 atom stereocenters. The third kappa shape index (κ3) is 2.21. The van der Waals surface area contributed by atoms with E-state index >= 15 is 0 Å². The van der Waals surface area contributed by atoms with Crippen molar-refractivity contribution >= 4 is 5.82 Å². The molecule has 102 valence electrons. The molecule has 0 N–H and O–H groups in total. The van der Waals surface area contributed by atoms with Gasteiger partial charge in [0.25, 0.3) is 0 Å². The molecule has 0 unspecified atom stereocenters. The molecule has 0 bridgehead atoms. The normalized spacial score (nSPS) is 15.1. The van der Waals surface area contributed by atoms with Crippen molar-refractivity contribution in [2.24, 2.45) is 0 Å². The number of hydrogen-bond acceptors (Lipinski definition) is 5. The number of benzene rings is 1. The first kappa shape index (κ1) is 12.6. The highest BCUT2D eigenvalue weighted by atomic mass is 19.1. The molecule has 7 heteroatoms. The number of anilines is 1. The zero-order valence-corrected chi connectivity index (χ0v) is 10.7. The van der Waals surface area contributed by atoms with Gasteiger partial charge in [0.1, 0.15) is 11.8 Å². The van der Waals surface area contributed by atoms with Gasteiger partial charge in [-0.15, -0.1) is 15.0 Å². The van der Waals surface area contributed by atoms with Crippen LogP contribution in [0.2, 0.25) is 0 Å². The van der Waals surface area contributed by atoms with E-state index in [0.717, 1.165) is 0 Å². The summed E-state index contributed by atoms with van der Waals surface area (Å²) in [4.78, 5) is 3.09. The monoisotopic (exact) mass is 273 g/mol. The summed E-state index contributed by atoms with van der Waals surface area (Å²) in [7, 11) is 0. The van der Waals surface area contributed by atoms with Gasteiger partial charge in [-0.05, 0) is 12.1 Å². The maximum Gasteiger partial charge on any atom is 0.207 e. The zero-order chi connectivity index (χ0) is 13.9. The lowest BCUT2D eigenvalue weighted by Gasteiger charge is -2.26. The van der Waals surface area contributed by atoms with Gasteiger partial charge in [-0.3, -0.25) is 0 Å². The van der Waals surface area contributed by atoms with Gasteiger partial charge in [-0.25, -0.2) is 4.39 Å². The molecule has 6 nitrogen and oxygen atoms in total. The Morgan fingerprint density at radius 2 is 1.95 bits per heavy atom. The molecule has 3 rings (SSSR count). The van der Waals surface area contributed by atoms with Crippen molar-refractivity contribution in [2.75, 3.05) is 31.2 Å². The molecule has 2 heterocycles. The molecule has 0 aliphatic carbocycles. The summed E-state index contributed by atoms with van der Waals surface area (Å²) in [5.41, 5.74) is 0.415. The van der Waals surface area contributed by atoms with Gasteiger partial charge >= 0.3 is 0 Å². The minimum absolute atomic E-state index is 0.190. The van der Waals surface area contributed by atoms with E-state index in [2.05, 4.69) is 10.2 Å². The molecule has 1 saturated heterocycles. The molecule has 2 aromatic rings. The highest BCUT2D eigenvalue weighted by molar-refractivity contribution is 5.50. The van der Waals surface area contributed by atoms with Gasteiger partial charge in [0, 0.05) is 13.1 Å². The third-order valence-corrected chi connectivity index (χ3v) is 3.08. The largest absolute Gasteiger partial charge is 0.378 e. The second kappa shape index (κ2) is 5.27. The quantitative estimate of drug-likeness (QED) is 0.820. The molecule has 0 spiro atoms. The summed E-state index contributed by atoms with van der Waals surface area (Å²) < 4.78 is 19.0. The predicted molar refractivity (Wildman–Crippen MR) is 69.1 cm³/mol. The number of halogens is 1. The van der Waals surface area contributed by atoms with Crippen molar-refractivity contribution in [1.29, 1.82) is 5.26 Å². The fourth-order valence-electron chi connectivity index (χ4n) is 2.08. The smallest absolute Gasteiger partial charge is 0.207 e. The van der Waals surface area contributed by atoms with Gasteiger partial charge in [0.15, 0.2) is 11.6 Å². The Kier molecular flexibility index (Phi) is 3.31. The van der Waals surface area contributed by atoms with Gasteiger partial charge in [0.2, 0.25) is 5.69 Å². The van der Waals surface area contributed by atoms with Crippen LogP contribution >= 0.6 is 0 Å². The summed E-state index contributed by atoms with van der Waals surface area (Å²) in [5, 5.41) is 17.5. The SMILES string of the molecule is N#Cc1nn(-c2ccccc2F)nc1N1CCOCC1. The van der Waals surface area contributed by atoms with Crippen LogP contribution in [-0.4, -0.2) is 41.3 Å². The first-order valence-electron chi connectivity index (χ1n) is 6.24. The molecule has 1 aromatic carbocycles. The predicted octanol–water partition coefficient (Wildman–Crippen LogP) is 1.11. The molecule has 1 aliphatic rings. The van der Waals surface area contributed by atoms with Crippen LogP contribution in [0.3, 0.4) is 0 Å². The van der Waals surface area contributed by atoms with Crippen molar-refractivity contribution in [2.45, 2.75) is 0 Å². The number of nitriles is 1. The van der Waals surface area contributed by atoms with Crippen molar-refractivity contribution < 1.29 is 9.13 Å². The van der Waals surface area contributed by atoms with Crippen LogP contribution in [0.25, 0.3) is 5.69 Å². The number of rotatable bonds is 2. The lowest BCUT2D eigenvalue weighted by molar-refractivity contribution is 0.122. The molecule has 0 amide bonds. The third-order valence-electron chi connectivity index (χ3n) is 3.08. The van der Waals surface area contributed by atoms with Crippen LogP contribution in [0.5, 0.6) is 0 Å². The van der Waals surface area contributed by atoms with Crippen LogP contribution in [0.15, 0.2) is 24.3 Å². The van der Waals surface area contributed by atoms with Crippen LogP contribution in [0.1, 0.15) is 5.69 Å². The summed E-state index contributed by atoms with van der Waals surface area (Å²) in [6, 6.07) is 8.19. The molecule has 0 saturated carbocycles. The highest BCUT2D eigenvalue weighted by Crippen LogP contribution is 2.19. The van der Waals surface area contributed by atoms with Crippen LogP contribution < -0.4 is 4.90 Å². The van der Waals surface area contributed by atoms with E-state index < -0.39 is 5.82 Å². The maximum atomic E-state index is 13.7. The minimum atomic E-state index is -0.430. The maximum absolute atomic E-state index is 13.7. The lowest BCUT2D eigenvalue weighted by atomic mass is 10.3. The topological polar surface area (TPSA) is 67.0 Å². The molecule has 0 radical (unpaired) electrons. The average Bonchev–Trinajstić information content (AvgIpc) is 2.92. The standard InChI is InChI=1S/C13H12FN5O/c14-10-3-1-2-4-12(10)19-16-11(9-15)13(17-19)18-5-7-20-8-6-18/h1-4H,5-8H2. The average molecular weight is 273 g/mol. The van der Waals surface area contributed by atoms with E-state index in [1.807, 2.05) is 11.0 Å². The fraction of sp³-hybridized carbons (Fsp3) is 0.308. The van der Waals surface area contributed by atoms with E-state index in [4.69, 9.17) is 10.00 Å². The van der Waals surface area contributed by atoms with Gasteiger partial charge in [-0.2, -0.15) is 5.26 Å². The van der Waals surface area contributed by atoms with E-state index in [9.17, 15) is 4.39 Å². The number of ether oxygens (including phenoxy) is 1. The molecule has 1 aliphatic heterocycles. The van der Waals surface area contributed by atoms with Crippen LogP contribution in [-0.2, 0) is 4.74 Å². The van der Waals surface area contributed by atoms with Crippen molar-refractivity contribution in [3.8, 4) is 11.8 Å². The molecule has 20 heavy (non-hydrogen) atoms. The second-order valence-corrected chi connectivity index (χ2v) is 4.32. The highest BCUT2D eigenvalue weighted by Gasteiger charge is 2.21. The summed E-state index contributed by atoms with van der Waals surface area (Å²) in [6.45, 7) is 2.45. The van der Waals surface area contributed by atoms with Gasteiger partial charge < -0.3 is 9.64 Å². The van der Waals surface area contributed by atoms with Gasteiger partial charge in [0.05, 0.1) is 13.2 Å². The Bertz CT molecular complexity index is 657. The molecule has 1 aromatic heterocycles. The number of aromatic nitrogens is 3. The Hall–Kier alpha value is -2.46. The lowest BCUT2D eigenvalue weighted by Crippen LogP contribution is -2.37. The fourth-order valence-corrected chi connectivity index (χ4v) is 2.08. The van der Waals surface area contributed by atoms with E-state index in [0.29, 0.717) is 32.1 Å². The minimum Gasteiger partial charge on any atom is -0.378 e. The van der Waals surface area contributed by atoms with E-state index in [1.54, 1.807) is 18.2 Å². The van der Waals surface area contributed by atoms with Crippen LogP contribution in [0.4, 0.5) is 10.2 Å². The van der Waals surface area contributed by atoms with Crippen molar-refractivity contribution in [3.63, 3.8) is 0 Å². The molecule has 1 fully saturated rings. The molecular formula is C13H12FN5O.